The summed E-state index contributed by atoms with van der Waals surface area (Å²) >= 11 is 6.01. The highest BCUT2D eigenvalue weighted by Crippen LogP contribution is 2.31. The standard InChI is InChI=1S/C33H37ClF5N11O4/c1-3-21-27(46-13-15-47(16-14-46)29(53)26-22(51)5-4-10-40-26)30(54)50-32(43-31(44-50)48-11-8-19(9-12-48)45(2)17-24(35)36)49(21)18-25(52)41-20-6-7-23(33(37,38)39)42-28(20)34/h4-7,10,19,24,51H,3,8-9,11-18H2,1-2H3,(H,41,52). The Morgan fingerprint density at radius 2 is 1.76 bits per heavy atom. The van der Waals surface area contributed by atoms with E-state index in [1.54, 1.807) is 23.8 Å². The number of halogens is 6. The highest BCUT2D eigenvalue weighted by Gasteiger charge is 2.34. The Bertz CT molecular complexity index is 2080. The first-order valence-corrected chi connectivity index (χ1v) is 17.5. The molecule has 0 aromatic carbocycles. The Morgan fingerprint density at radius 1 is 1.06 bits per heavy atom. The van der Waals surface area contributed by atoms with Crippen LogP contribution in [0.4, 0.5) is 39.3 Å². The molecule has 6 rings (SSSR count). The van der Waals surface area contributed by atoms with E-state index in [0.717, 1.165) is 10.6 Å². The van der Waals surface area contributed by atoms with E-state index in [9.17, 15) is 41.4 Å². The minimum atomic E-state index is -4.75. The number of hydrogen-bond donors (Lipinski definition) is 2. The van der Waals surface area contributed by atoms with Gasteiger partial charge in [-0.15, -0.1) is 5.10 Å². The first kappa shape index (κ1) is 38.6. The average Bonchev–Trinajstić information content (AvgIpc) is 3.59. The Kier molecular flexibility index (Phi) is 11.2. The molecule has 2 N–H and O–H groups in total. The van der Waals surface area contributed by atoms with Crippen molar-refractivity contribution >= 4 is 46.5 Å². The highest BCUT2D eigenvalue weighted by molar-refractivity contribution is 6.32. The summed E-state index contributed by atoms with van der Waals surface area (Å²) in [5.41, 5.74) is -1.40. The monoisotopic (exact) mass is 781 g/mol. The maximum atomic E-state index is 14.3. The Balaban J connectivity index is 1.32. The topological polar surface area (TPSA) is 157 Å². The van der Waals surface area contributed by atoms with Crippen LogP contribution in [0.15, 0.2) is 35.3 Å². The number of rotatable bonds is 10. The van der Waals surface area contributed by atoms with E-state index in [1.807, 2.05) is 4.90 Å². The summed E-state index contributed by atoms with van der Waals surface area (Å²) in [7, 11) is 1.65. The first-order valence-electron chi connectivity index (χ1n) is 17.1. The number of amides is 2. The molecule has 0 aliphatic carbocycles. The minimum Gasteiger partial charge on any atom is -0.505 e. The lowest BCUT2D eigenvalue weighted by molar-refractivity contribution is -0.141. The summed E-state index contributed by atoms with van der Waals surface area (Å²) in [5.74, 6) is -1.23. The van der Waals surface area contributed by atoms with Crippen LogP contribution in [0.1, 0.15) is 41.6 Å². The molecule has 2 saturated heterocycles. The lowest BCUT2D eigenvalue weighted by Gasteiger charge is -2.36. The molecule has 2 aliphatic heterocycles. The van der Waals surface area contributed by atoms with Crippen molar-refractivity contribution in [1.82, 2.24) is 38.9 Å². The van der Waals surface area contributed by atoms with Crippen LogP contribution in [-0.2, 0) is 23.9 Å². The fraction of sp³-hybridized carbons (Fsp3) is 0.485. The summed E-state index contributed by atoms with van der Waals surface area (Å²) in [6.45, 7) is 2.55. The van der Waals surface area contributed by atoms with Crippen LogP contribution in [0.2, 0.25) is 5.15 Å². The van der Waals surface area contributed by atoms with Gasteiger partial charge in [0.1, 0.15) is 23.7 Å². The maximum Gasteiger partial charge on any atom is 0.433 e. The number of fused-ring (bicyclic) bond motifs is 1. The van der Waals surface area contributed by atoms with Gasteiger partial charge in [-0.1, -0.05) is 18.5 Å². The van der Waals surface area contributed by atoms with E-state index < -0.39 is 47.4 Å². The first-order chi connectivity index (χ1) is 25.7. The molecule has 0 atom stereocenters. The number of alkyl halides is 5. The molecule has 4 aromatic rings. The molecule has 2 aliphatic rings. The van der Waals surface area contributed by atoms with Crippen LogP contribution in [0.25, 0.3) is 5.78 Å². The number of nitrogens with zero attached hydrogens (tertiary/aromatic N) is 10. The summed E-state index contributed by atoms with van der Waals surface area (Å²) in [5, 5.41) is 16.6. The number of nitrogens with one attached hydrogen (secondary N) is 1. The normalized spacial score (nSPS) is 15.9. The van der Waals surface area contributed by atoms with E-state index >= 15 is 0 Å². The van der Waals surface area contributed by atoms with Crippen molar-refractivity contribution < 1.29 is 36.6 Å². The van der Waals surface area contributed by atoms with Gasteiger partial charge in [-0.25, -0.2) is 18.7 Å². The number of anilines is 3. The van der Waals surface area contributed by atoms with E-state index in [1.165, 1.54) is 27.8 Å². The number of aromatic nitrogens is 6. The number of pyridine rings is 2. The van der Waals surface area contributed by atoms with Crippen LogP contribution in [0, 0.1) is 0 Å². The molecule has 0 radical (unpaired) electrons. The van der Waals surface area contributed by atoms with Crippen molar-refractivity contribution in [1.29, 1.82) is 0 Å². The second-order valence-electron chi connectivity index (χ2n) is 12.9. The predicted molar refractivity (Wildman–Crippen MR) is 187 cm³/mol. The molecule has 0 bridgehead atoms. The highest BCUT2D eigenvalue weighted by atomic mass is 35.5. The van der Waals surface area contributed by atoms with Gasteiger partial charge in [0.25, 0.3) is 17.9 Å². The smallest absolute Gasteiger partial charge is 0.433 e. The number of carbonyl (C=O) groups excluding carboxylic acids is 2. The van der Waals surface area contributed by atoms with Gasteiger partial charge in [0.05, 0.1) is 17.9 Å². The van der Waals surface area contributed by atoms with Gasteiger partial charge in [-0.05, 0) is 50.6 Å². The second kappa shape index (κ2) is 15.7. The number of hydrogen-bond acceptors (Lipinski definition) is 11. The van der Waals surface area contributed by atoms with Gasteiger partial charge < -0.3 is 29.7 Å². The van der Waals surface area contributed by atoms with Crippen molar-refractivity contribution in [3.8, 4) is 5.75 Å². The van der Waals surface area contributed by atoms with Gasteiger partial charge >= 0.3 is 6.18 Å². The SMILES string of the molecule is CCc1c(N2CCN(C(=O)c3ncccc3O)CC2)c(=O)n2nc(N3CCC(N(C)CC(F)F)CC3)nc2n1CC(=O)Nc1ccc(C(F)(F)F)nc1Cl. The Hall–Kier alpha value is -5.11. The van der Waals surface area contributed by atoms with Gasteiger partial charge in [0.15, 0.2) is 10.8 Å². The zero-order chi connectivity index (χ0) is 38.9. The predicted octanol–water partition coefficient (Wildman–Crippen LogP) is 3.39. The molecule has 0 spiro atoms. The number of piperidine rings is 1. The molecular weight excluding hydrogens is 745 g/mol. The third-order valence-corrected chi connectivity index (χ3v) is 9.82. The average molecular weight is 782 g/mol. The van der Waals surface area contributed by atoms with E-state index in [-0.39, 0.29) is 79.7 Å². The molecule has 0 unspecified atom stereocenters. The number of carbonyl (C=O) groups is 2. The van der Waals surface area contributed by atoms with Crippen molar-refractivity contribution in [3.63, 3.8) is 0 Å². The van der Waals surface area contributed by atoms with Gasteiger partial charge in [-0.3, -0.25) is 19.3 Å². The van der Waals surface area contributed by atoms with Gasteiger partial charge in [-0.2, -0.15) is 22.7 Å². The van der Waals surface area contributed by atoms with E-state index in [2.05, 4.69) is 25.4 Å². The fourth-order valence-corrected chi connectivity index (χ4v) is 6.99. The molecule has 15 nitrogen and oxygen atoms in total. The third-order valence-electron chi connectivity index (χ3n) is 9.53. The molecule has 4 aromatic heterocycles. The van der Waals surface area contributed by atoms with Crippen LogP contribution >= 0.6 is 11.6 Å². The zero-order valence-corrected chi connectivity index (χ0v) is 30.0. The molecule has 54 heavy (non-hydrogen) atoms. The Morgan fingerprint density at radius 3 is 2.37 bits per heavy atom. The van der Waals surface area contributed by atoms with Crippen molar-refractivity contribution in [2.45, 2.75) is 51.4 Å². The second-order valence-corrected chi connectivity index (χ2v) is 13.3. The summed E-state index contributed by atoms with van der Waals surface area (Å²) in [6.07, 6.45) is -4.50. The zero-order valence-electron chi connectivity index (χ0n) is 29.2. The number of piperazine rings is 1. The van der Waals surface area contributed by atoms with Crippen LogP contribution < -0.4 is 20.7 Å². The van der Waals surface area contributed by atoms with Crippen molar-refractivity contribution in [2.75, 3.05) is 68.0 Å². The van der Waals surface area contributed by atoms with Crippen LogP contribution in [-0.4, -0.2) is 121 Å². The van der Waals surface area contributed by atoms with Crippen LogP contribution in [0.5, 0.6) is 5.75 Å². The third kappa shape index (κ3) is 8.03. The summed E-state index contributed by atoms with van der Waals surface area (Å²) < 4.78 is 68.1. The molecule has 6 heterocycles. The lowest BCUT2D eigenvalue weighted by Crippen LogP contribution is -2.51. The Labute approximate surface area is 309 Å². The molecule has 2 amide bonds. The lowest BCUT2D eigenvalue weighted by atomic mass is 10.0. The van der Waals surface area contributed by atoms with Crippen molar-refractivity contribution in [3.05, 3.63) is 63.1 Å². The minimum absolute atomic E-state index is 0.0266. The summed E-state index contributed by atoms with van der Waals surface area (Å²) in [6, 6.07) is 4.45. The molecule has 21 heteroatoms. The van der Waals surface area contributed by atoms with Gasteiger partial charge in [0, 0.05) is 51.5 Å². The molecule has 2 fully saturated rings. The molecule has 290 valence electrons. The van der Waals surface area contributed by atoms with Gasteiger partial charge in [0.2, 0.25) is 17.6 Å². The van der Waals surface area contributed by atoms with Crippen molar-refractivity contribution in [2.24, 2.45) is 0 Å². The largest absolute Gasteiger partial charge is 0.505 e. The number of aromatic hydroxyl groups is 1. The van der Waals surface area contributed by atoms with E-state index in [0.29, 0.717) is 37.7 Å². The fourth-order valence-electron chi connectivity index (χ4n) is 6.79. The summed E-state index contributed by atoms with van der Waals surface area (Å²) in [4.78, 5) is 59.7. The maximum absolute atomic E-state index is 14.3. The molecular formula is C33H37ClF5N11O4. The molecule has 0 saturated carbocycles. The van der Waals surface area contributed by atoms with E-state index in [4.69, 9.17) is 11.6 Å². The quantitative estimate of drug-likeness (QED) is 0.180. The van der Waals surface area contributed by atoms with Crippen LogP contribution in [0.3, 0.4) is 0 Å².